The number of aryl methyl sites for hydroxylation is 1. The van der Waals surface area contributed by atoms with Gasteiger partial charge in [-0.15, -0.1) is 0 Å². The van der Waals surface area contributed by atoms with Crippen molar-refractivity contribution >= 4 is 5.97 Å². The van der Waals surface area contributed by atoms with Crippen molar-refractivity contribution in [2.75, 3.05) is 0 Å². The third-order valence-electron chi connectivity index (χ3n) is 2.53. The van der Waals surface area contributed by atoms with E-state index in [-0.39, 0.29) is 0 Å². The fraction of sp³-hybridized carbons (Fsp3) is 0.308. The summed E-state index contributed by atoms with van der Waals surface area (Å²) in [5, 5.41) is 9.51. The first-order valence-electron chi connectivity index (χ1n) is 5.28. The summed E-state index contributed by atoms with van der Waals surface area (Å²) >= 11 is 0. The highest BCUT2D eigenvalue weighted by molar-refractivity contribution is 5.91. The predicted octanol–water partition coefficient (Wildman–Crippen LogP) is 1.81. The van der Waals surface area contributed by atoms with Gasteiger partial charge >= 0.3 is 5.97 Å². The van der Waals surface area contributed by atoms with Gasteiger partial charge < -0.3 is 9.84 Å². The summed E-state index contributed by atoms with van der Waals surface area (Å²) in [6, 6.07) is 9.91. The lowest BCUT2D eigenvalue weighted by molar-refractivity contribution is -0.172. The van der Waals surface area contributed by atoms with E-state index in [9.17, 15) is 9.90 Å². The third kappa shape index (κ3) is 2.49. The highest BCUT2D eigenvalue weighted by atomic mass is 16.7. The van der Waals surface area contributed by atoms with Crippen LogP contribution in [0.15, 0.2) is 42.0 Å². The Balaban J connectivity index is 1.99. The maximum Gasteiger partial charge on any atom is 0.336 e. The van der Waals surface area contributed by atoms with Crippen molar-refractivity contribution in [3.63, 3.8) is 0 Å². The van der Waals surface area contributed by atoms with Gasteiger partial charge in [0.25, 0.3) is 0 Å². The average molecular weight is 218 g/mol. The van der Waals surface area contributed by atoms with Crippen molar-refractivity contribution in [1.82, 2.24) is 0 Å². The fourth-order valence-corrected chi connectivity index (χ4v) is 1.76. The summed E-state index contributed by atoms with van der Waals surface area (Å²) in [6.45, 7) is 1.46. The van der Waals surface area contributed by atoms with E-state index in [2.05, 4.69) is 0 Å². The minimum Gasteiger partial charge on any atom is -0.426 e. The molecule has 0 saturated heterocycles. The molecule has 0 amide bonds. The molecule has 1 aromatic rings. The molecule has 3 nitrogen and oxygen atoms in total. The molecule has 1 unspecified atom stereocenters. The highest BCUT2D eigenvalue weighted by Gasteiger charge is 2.32. The zero-order valence-corrected chi connectivity index (χ0v) is 9.14. The molecule has 3 heteroatoms. The first kappa shape index (κ1) is 10.9. The van der Waals surface area contributed by atoms with Crippen molar-refractivity contribution in [2.45, 2.75) is 25.6 Å². The van der Waals surface area contributed by atoms with Crippen LogP contribution in [-0.2, 0) is 16.0 Å². The number of hydrogen-bond donors (Lipinski definition) is 1. The Kier molecular flexibility index (Phi) is 2.79. The summed E-state index contributed by atoms with van der Waals surface area (Å²) in [5.41, 5.74) is 1.72. The topological polar surface area (TPSA) is 46.5 Å². The molecule has 0 aromatic heterocycles. The summed E-state index contributed by atoms with van der Waals surface area (Å²) < 4.78 is 4.77. The Labute approximate surface area is 94.4 Å². The molecule has 0 bridgehead atoms. The highest BCUT2D eigenvalue weighted by Crippen LogP contribution is 2.24. The van der Waals surface area contributed by atoms with Crippen LogP contribution in [0.4, 0.5) is 0 Å². The lowest BCUT2D eigenvalue weighted by Crippen LogP contribution is -2.22. The number of ether oxygens (including phenoxy) is 1. The summed E-state index contributed by atoms with van der Waals surface area (Å²) in [4.78, 5) is 11.4. The molecule has 1 heterocycles. The second-order valence-electron chi connectivity index (χ2n) is 4.10. The van der Waals surface area contributed by atoms with E-state index in [0.29, 0.717) is 12.0 Å². The van der Waals surface area contributed by atoms with E-state index in [4.69, 9.17) is 4.74 Å². The lowest BCUT2D eigenvalue weighted by atomic mass is 10.0. The van der Waals surface area contributed by atoms with Gasteiger partial charge in [0.2, 0.25) is 5.79 Å². The van der Waals surface area contributed by atoms with Crippen LogP contribution in [0, 0.1) is 0 Å². The van der Waals surface area contributed by atoms with Gasteiger partial charge in [-0.2, -0.15) is 0 Å². The van der Waals surface area contributed by atoms with Crippen molar-refractivity contribution < 1.29 is 14.6 Å². The zero-order valence-electron chi connectivity index (χ0n) is 9.14. The number of benzene rings is 1. The van der Waals surface area contributed by atoms with Gasteiger partial charge in [-0.3, -0.25) is 0 Å². The average Bonchev–Trinajstić information content (AvgIpc) is 2.50. The fourth-order valence-electron chi connectivity index (χ4n) is 1.76. The van der Waals surface area contributed by atoms with E-state index < -0.39 is 11.8 Å². The van der Waals surface area contributed by atoms with Crippen molar-refractivity contribution in [2.24, 2.45) is 0 Å². The zero-order chi connectivity index (χ0) is 11.6. The normalized spacial score (nSPS) is 24.1. The van der Waals surface area contributed by atoms with E-state index >= 15 is 0 Å². The molecule has 0 radical (unpaired) electrons. The molecule has 0 saturated carbocycles. The maximum atomic E-state index is 11.4. The minimum absolute atomic E-state index is 0.416. The Morgan fingerprint density at radius 3 is 2.50 bits per heavy atom. The summed E-state index contributed by atoms with van der Waals surface area (Å²) in [7, 11) is 0. The standard InChI is InChI=1S/C13H14O3/c1-13(15)9-11(12(14)16-13)8-7-10-5-3-2-4-6-10/h2-6,9,15H,7-8H2,1H3. The summed E-state index contributed by atoms with van der Waals surface area (Å²) in [6.07, 6.45) is 2.86. The molecule has 1 atom stereocenters. The number of aliphatic hydroxyl groups is 1. The van der Waals surface area contributed by atoms with Crippen molar-refractivity contribution in [3.8, 4) is 0 Å². The van der Waals surface area contributed by atoms with Crippen molar-refractivity contribution in [1.29, 1.82) is 0 Å². The molecule has 0 aliphatic carbocycles. The number of carbonyl (C=O) groups is 1. The van der Waals surface area contributed by atoms with Gasteiger partial charge in [0.1, 0.15) is 0 Å². The van der Waals surface area contributed by atoms with E-state index in [1.54, 1.807) is 0 Å². The van der Waals surface area contributed by atoms with Crippen LogP contribution in [0.1, 0.15) is 18.9 Å². The van der Waals surface area contributed by atoms with Gasteiger partial charge in [-0.1, -0.05) is 30.3 Å². The Bertz CT molecular complexity index is 418. The van der Waals surface area contributed by atoms with Gasteiger partial charge in [0, 0.05) is 12.5 Å². The number of esters is 1. The predicted molar refractivity (Wildman–Crippen MR) is 59.6 cm³/mol. The lowest BCUT2D eigenvalue weighted by Gasteiger charge is -2.11. The van der Waals surface area contributed by atoms with Crippen LogP contribution in [0.25, 0.3) is 0 Å². The van der Waals surface area contributed by atoms with Crippen LogP contribution >= 0.6 is 0 Å². The molecule has 0 spiro atoms. The molecule has 84 valence electrons. The molecule has 0 fully saturated rings. The first-order chi connectivity index (χ1) is 7.57. The summed E-state index contributed by atoms with van der Waals surface area (Å²) in [5.74, 6) is -1.84. The van der Waals surface area contributed by atoms with Crippen molar-refractivity contribution in [3.05, 3.63) is 47.5 Å². The molecule has 2 rings (SSSR count). The number of hydrogen-bond acceptors (Lipinski definition) is 3. The monoisotopic (exact) mass is 218 g/mol. The van der Waals surface area contributed by atoms with Crippen LogP contribution < -0.4 is 0 Å². The molecular formula is C13H14O3. The number of rotatable bonds is 3. The molecule has 1 N–H and O–H groups in total. The molecule has 1 aromatic carbocycles. The van der Waals surface area contributed by atoms with Crippen LogP contribution in [0.3, 0.4) is 0 Å². The van der Waals surface area contributed by atoms with Crippen LogP contribution in [0.5, 0.6) is 0 Å². The third-order valence-corrected chi connectivity index (χ3v) is 2.53. The van der Waals surface area contributed by atoms with E-state index in [1.807, 2.05) is 30.3 Å². The quantitative estimate of drug-likeness (QED) is 0.787. The minimum atomic E-state index is -1.43. The van der Waals surface area contributed by atoms with Crippen LogP contribution in [0.2, 0.25) is 0 Å². The van der Waals surface area contributed by atoms with Gasteiger partial charge in [-0.05, 0) is 24.5 Å². The first-order valence-corrected chi connectivity index (χ1v) is 5.28. The Morgan fingerprint density at radius 1 is 1.25 bits per heavy atom. The molecule has 16 heavy (non-hydrogen) atoms. The van der Waals surface area contributed by atoms with E-state index in [1.165, 1.54) is 18.6 Å². The molecule has 1 aliphatic rings. The van der Waals surface area contributed by atoms with Gasteiger partial charge in [0.05, 0.1) is 0 Å². The van der Waals surface area contributed by atoms with Gasteiger partial charge in [0.15, 0.2) is 0 Å². The molecular weight excluding hydrogens is 204 g/mol. The second-order valence-corrected chi connectivity index (χ2v) is 4.10. The van der Waals surface area contributed by atoms with Crippen LogP contribution in [-0.4, -0.2) is 16.9 Å². The number of cyclic esters (lactones) is 1. The Hall–Kier alpha value is -1.61. The second kappa shape index (κ2) is 4.10. The van der Waals surface area contributed by atoms with Gasteiger partial charge in [-0.25, -0.2) is 4.79 Å². The van der Waals surface area contributed by atoms with E-state index in [0.717, 1.165) is 6.42 Å². The largest absolute Gasteiger partial charge is 0.426 e. The molecule has 1 aliphatic heterocycles. The number of carbonyl (C=O) groups excluding carboxylic acids is 1. The smallest absolute Gasteiger partial charge is 0.336 e. The maximum absolute atomic E-state index is 11.4. The SMILES string of the molecule is CC1(O)C=C(CCc2ccccc2)C(=O)O1. The Morgan fingerprint density at radius 2 is 1.94 bits per heavy atom.